The number of halogens is 1. The third-order valence-electron chi connectivity index (χ3n) is 3.24. The fraction of sp³-hybridized carbons (Fsp3) is 0.706. The van der Waals surface area contributed by atoms with Gasteiger partial charge in [0.05, 0.1) is 0 Å². The van der Waals surface area contributed by atoms with Gasteiger partial charge in [-0.2, -0.15) is 0 Å². The first kappa shape index (κ1) is 18.3. The lowest BCUT2D eigenvalue weighted by Crippen LogP contribution is -2.27. The highest BCUT2D eigenvalue weighted by Gasteiger charge is 2.19. The van der Waals surface area contributed by atoms with Crippen molar-refractivity contribution >= 4 is 22.0 Å². The van der Waals surface area contributed by atoms with E-state index in [0.717, 1.165) is 23.0 Å². The summed E-state index contributed by atoms with van der Waals surface area (Å²) in [5.41, 5.74) is 0.553. The van der Waals surface area contributed by atoms with Crippen molar-refractivity contribution in [1.29, 1.82) is 0 Å². The molecule has 21 heavy (non-hydrogen) atoms. The SMILES string of the molecule is CCCCCCCCc1cc(Br)cn1C(=O)OC(C)(C)C. The van der Waals surface area contributed by atoms with Crippen molar-refractivity contribution in [3.63, 3.8) is 0 Å². The molecule has 120 valence electrons. The Morgan fingerprint density at radius 1 is 1.19 bits per heavy atom. The lowest BCUT2D eigenvalue weighted by Gasteiger charge is -2.20. The average Bonchev–Trinajstić information content (AvgIpc) is 2.73. The molecule has 3 nitrogen and oxygen atoms in total. The molecule has 0 atom stereocenters. The largest absolute Gasteiger partial charge is 0.443 e. The van der Waals surface area contributed by atoms with Crippen LogP contribution in [-0.2, 0) is 11.2 Å². The van der Waals surface area contributed by atoms with Crippen molar-refractivity contribution in [1.82, 2.24) is 4.57 Å². The van der Waals surface area contributed by atoms with Gasteiger partial charge in [0.15, 0.2) is 0 Å². The summed E-state index contributed by atoms with van der Waals surface area (Å²) in [6, 6.07) is 2.01. The number of aromatic nitrogens is 1. The van der Waals surface area contributed by atoms with E-state index in [1.54, 1.807) is 10.8 Å². The molecule has 0 fully saturated rings. The number of carbonyl (C=O) groups excluding carboxylic acids is 1. The number of unbranched alkanes of at least 4 members (excludes halogenated alkanes) is 5. The summed E-state index contributed by atoms with van der Waals surface area (Å²) < 4.78 is 7.99. The van der Waals surface area contributed by atoms with Gasteiger partial charge in [-0.3, -0.25) is 4.57 Å². The van der Waals surface area contributed by atoms with Crippen LogP contribution in [0.3, 0.4) is 0 Å². The van der Waals surface area contributed by atoms with Gasteiger partial charge in [-0.05, 0) is 55.6 Å². The van der Waals surface area contributed by atoms with Gasteiger partial charge in [0.25, 0.3) is 0 Å². The van der Waals surface area contributed by atoms with E-state index in [9.17, 15) is 4.79 Å². The smallest absolute Gasteiger partial charge is 0.418 e. The second-order valence-electron chi connectivity index (χ2n) is 6.52. The van der Waals surface area contributed by atoms with Crippen LogP contribution < -0.4 is 0 Å². The van der Waals surface area contributed by atoms with Gasteiger partial charge in [-0.25, -0.2) is 4.79 Å². The van der Waals surface area contributed by atoms with Gasteiger partial charge in [0.1, 0.15) is 5.60 Å². The molecule has 0 aliphatic carbocycles. The van der Waals surface area contributed by atoms with E-state index in [1.165, 1.54) is 32.1 Å². The van der Waals surface area contributed by atoms with Gasteiger partial charge < -0.3 is 4.74 Å². The maximum Gasteiger partial charge on any atom is 0.418 e. The Kier molecular flexibility index (Phi) is 7.50. The number of rotatable bonds is 7. The molecule has 0 bridgehead atoms. The molecule has 0 aromatic carbocycles. The van der Waals surface area contributed by atoms with Gasteiger partial charge in [0, 0.05) is 16.4 Å². The second-order valence-corrected chi connectivity index (χ2v) is 7.43. The van der Waals surface area contributed by atoms with Crippen LogP contribution in [0, 0.1) is 0 Å². The van der Waals surface area contributed by atoms with E-state index in [-0.39, 0.29) is 6.09 Å². The predicted octanol–water partition coefficient (Wildman–Crippen LogP) is 5.94. The number of carbonyl (C=O) groups is 1. The quantitative estimate of drug-likeness (QED) is 0.565. The Morgan fingerprint density at radius 3 is 2.43 bits per heavy atom. The fourth-order valence-electron chi connectivity index (χ4n) is 2.23. The molecule has 0 unspecified atom stereocenters. The van der Waals surface area contributed by atoms with Crippen LogP contribution in [-0.4, -0.2) is 16.3 Å². The highest BCUT2D eigenvalue weighted by Crippen LogP contribution is 2.19. The molecule has 1 rings (SSSR count). The van der Waals surface area contributed by atoms with Crippen molar-refractivity contribution in [3.8, 4) is 0 Å². The van der Waals surface area contributed by atoms with Crippen molar-refractivity contribution in [2.75, 3.05) is 0 Å². The zero-order valence-electron chi connectivity index (χ0n) is 13.7. The monoisotopic (exact) mass is 357 g/mol. The Hall–Kier alpha value is -0.770. The van der Waals surface area contributed by atoms with Crippen LogP contribution in [0.1, 0.15) is 71.9 Å². The molecule has 4 heteroatoms. The number of ether oxygens (including phenoxy) is 1. The molecule has 1 heterocycles. The van der Waals surface area contributed by atoms with Crippen LogP contribution in [0.4, 0.5) is 4.79 Å². The Balaban J connectivity index is 2.53. The Bertz CT molecular complexity index is 446. The number of hydrogen-bond acceptors (Lipinski definition) is 2. The Labute approximate surface area is 137 Å². The van der Waals surface area contributed by atoms with Crippen LogP contribution in [0.2, 0.25) is 0 Å². The van der Waals surface area contributed by atoms with Crippen LogP contribution >= 0.6 is 15.9 Å². The molecular weight excluding hydrogens is 330 g/mol. The van der Waals surface area contributed by atoms with E-state index < -0.39 is 5.60 Å². The van der Waals surface area contributed by atoms with Crippen molar-refractivity contribution in [2.24, 2.45) is 0 Å². The van der Waals surface area contributed by atoms with E-state index in [1.807, 2.05) is 26.8 Å². The zero-order valence-corrected chi connectivity index (χ0v) is 15.3. The summed E-state index contributed by atoms with van der Waals surface area (Å²) >= 11 is 3.45. The average molecular weight is 358 g/mol. The van der Waals surface area contributed by atoms with E-state index in [2.05, 4.69) is 22.9 Å². The molecule has 1 aromatic heterocycles. The molecule has 0 saturated carbocycles. The zero-order chi connectivity index (χ0) is 15.9. The Morgan fingerprint density at radius 2 is 1.81 bits per heavy atom. The van der Waals surface area contributed by atoms with Gasteiger partial charge in [0.2, 0.25) is 0 Å². The summed E-state index contributed by atoms with van der Waals surface area (Å²) in [4.78, 5) is 12.2. The highest BCUT2D eigenvalue weighted by atomic mass is 79.9. The molecule has 0 saturated heterocycles. The minimum absolute atomic E-state index is 0.297. The van der Waals surface area contributed by atoms with Crippen LogP contribution in [0.5, 0.6) is 0 Å². The number of nitrogens with zero attached hydrogens (tertiary/aromatic N) is 1. The fourth-order valence-corrected chi connectivity index (χ4v) is 2.70. The van der Waals surface area contributed by atoms with Gasteiger partial charge >= 0.3 is 6.09 Å². The second kappa shape index (κ2) is 8.62. The minimum Gasteiger partial charge on any atom is -0.443 e. The topological polar surface area (TPSA) is 31.2 Å². The number of hydrogen-bond donors (Lipinski definition) is 0. The maximum atomic E-state index is 12.2. The summed E-state index contributed by atoms with van der Waals surface area (Å²) in [6.45, 7) is 7.88. The van der Waals surface area contributed by atoms with Gasteiger partial charge in [-0.1, -0.05) is 39.0 Å². The van der Waals surface area contributed by atoms with Gasteiger partial charge in [-0.15, -0.1) is 0 Å². The van der Waals surface area contributed by atoms with Crippen LogP contribution in [0.25, 0.3) is 0 Å². The molecular formula is C17H28BrNO2. The molecule has 0 N–H and O–H groups in total. The molecule has 1 aromatic rings. The molecule has 0 spiro atoms. The standard InChI is InChI=1S/C17H28BrNO2/c1-5-6-7-8-9-10-11-15-12-14(18)13-19(15)16(20)21-17(2,3)4/h12-13H,5-11H2,1-4H3. The first-order valence-corrected chi connectivity index (χ1v) is 8.73. The lowest BCUT2D eigenvalue weighted by atomic mass is 10.1. The molecule has 0 radical (unpaired) electrons. The third kappa shape index (κ3) is 7.16. The summed E-state index contributed by atoms with van der Waals surface area (Å²) in [5.74, 6) is 0. The first-order valence-electron chi connectivity index (χ1n) is 7.93. The van der Waals surface area contributed by atoms with E-state index in [4.69, 9.17) is 4.74 Å². The summed E-state index contributed by atoms with van der Waals surface area (Å²) in [5, 5.41) is 0. The third-order valence-corrected chi connectivity index (χ3v) is 3.68. The molecule has 0 aliphatic rings. The van der Waals surface area contributed by atoms with Crippen LogP contribution in [0.15, 0.2) is 16.7 Å². The summed E-state index contributed by atoms with van der Waals surface area (Å²) in [6.07, 6.45) is 9.93. The molecule has 0 amide bonds. The van der Waals surface area contributed by atoms with Crippen molar-refractivity contribution < 1.29 is 9.53 Å². The maximum absolute atomic E-state index is 12.2. The van der Waals surface area contributed by atoms with Crippen molar-refractivity contribution in [2.45, 2.75) is 78.2 Å². The highest BCUT2D eigenvalue weighted by molar-refractivity contribution is 9.10. The molecule has 0 aliphatic heterocycles. The van der Waals surface area contributed by atoms with E-state index in [0.29, 0.717) is 0 Å². The van der Waals surface area contributed by atoms with E-state index >= 15 is 0 Å². The number of aryl methyl sites for hydroxylation is 1. The minimum atomic E-state index is -0.467. The van der Waals surface area contributed by atoms with Crippen molar-refractivity contribution in [3.05, 3.63) is 22.4 Å². The normalized spacial score (nSPS) is 11.7. The first-order chi connectivity index (χ1) is 9.83. The lowest BCUT2D eigenvalue weighted by molar-refractivity contribution is 0.0532. The summed E-state index contributed by atoms with van der Waals surface area (Å²) in [7, 11) is 0. The predicted molar refractivity (Wildman–Crippen MR) is 90.8 cm³/mol.